The molecule has 2 heterocycles. The predicted molar refractivity (Wildman–Crippen MR) is 172 cm³/mol. The fourth-order valence-corrected chi connectivity index (χ4v) is 7.38. The van der Waals surface area contributed by atoms with Gasteiger partial charge in [-0.05, 0) is 47.5 Å². The smallest absolute Gasteiger partial charge is 0.338 e. The molecular formula is C35H30N2O8S. The molecule has 0 aliphatic carbocycles. The number of hydrogen-bond acceptors (Lipinski definition) is 7. The Morgan fingerprint density at radius 3 is 2.04 bits per heavy atom. The van der Waals surface area contributed by atoms with Crippen LogP contribution in [-0.2, 0) is 26.1 Å². The van der Waals surface area contributed by atoms with Crippen LogP contribution < -0.4 is 4.74 Å². The Bertz CT molecular complexity index is 2190. The molecule has 0 radical (unpaired) electrons. The highest BCUT2D eigenvalue weighted by molar-refractivity contribution is 7.90. The minimum atomic E-state index is -4.12. The molecule has 46 heavy (non-hydrogen) atoms. The van der Waals surface area contributed by atoms with Crippen molar-refractivity contribution in [3.63, 3.8) is 0 Å². The second kappa shape index (κ2) is 12.2. The van der Waals surface area contributed by atoms with Crippen molar-refractivity contribution in [3.8, 4) is 5.75 Å². The van der Waals surface area contributed by atoms with Gasteiger partial charge in [-0.1, -0.05) is 66.7 Å². The number of aliphatic hydroxyl groups excluding tert-OH is 1. The van der Waals surface area contributed by atoms with Crippen LogP contribution in [0.2, 0.25) is 0 Å². The first-order valence-electron chi connectivity index (χ1n) is 14.3. The average molecular weight is 639 g/mol. The van der Waals surface area contributed by atoms with E-state index in [-0.39, 0.29) is 33.8 Å². The van der Waals surface area contributed by atoms with Gasteiger partial charge in [-0.15, -0.1) is 0 Å². The van der Waals surface area contributed by atoms with E-state index in [9.17, 15) is 28.2 Å². The standard InChI is InChI=1S/C35H30N2O8S/c1-44-23-18-16-22(17-19-23)20-36-28-14-8-7-13-26(28)30(34(39)40)32(36)33(38)31(35(41)45-2)27-21-37(29-15-9-6-12-25(27)29)46(42,43)24-10-4-3-5-11-24/h3-19,21,31,33,38H,20H2,1-2H3,(H,39,40). The topological polar surface area (TPSA) is 137 Å². The van der Waals surface area contributed by atoms with Crippen LogP contribution >= 0.6 is 0 Å². The second-order valence-corrected chi connectivity index (χ2v) is 12.5. The Labute approximate surface area is 264 Å². The predicted octanol–water partition coefficient (Wildman–Crippen LogP) is 5.58. The summed E-state index contributed by atoms with van der Waals surface area (Å²) in [5.74, 6) is -3.03. The minimum absolute atomic E-state index is 0.0253. The highest BCUT2D eigenvalue weighted by atomic mass is 32.2. The number of fused-ring (bicyclic) bond motifs is 2. The molecule has 2 atom stereocenters. The van der Waals surface area contributed by atoms with Gasteiger partial charge in [0.05, 0.1) is 35.9 Å². The highest BCUT2D eigenvalue weighted by Crippen LogP contribution is 2.42. The number of ether oxygens (including phenoxy) is 2. The molecule has 234 valence electrons. The fraction of sp³-hybridized carbons (Fsp3) is 0.143. The van der Waals surface area contributed by atoms with E-state index in [1.54, 1.807) is 90.5 Å². The number of carboxylic acid groups (broad SMARTS) is 1. The zero-order valence-corrected chi connectivity index (χ0v) is 25.7. The Hall–Kier alpha value is -5.39. The number of aromatic nitrogens is 2. The third-order valence-electron chi connectivity index (χ3n) is 8.12. The van der Waals surface area contributed by atoms with Crippen molar-refractivity contribution in [3.05, 3.63) is 132 Å². The van der Waals surface area contributed by atoms with E-state index in [2.05, 4.69) is 0 Å². The molecule has 2 unspecified atom stereocenters. The molecule has 11 heteroatoms. The Morgan fingerprint density at radius 2 is 1.41 bits per heavy atom. The van der Waals surface area contributed by atoms with Gasteiger partial charge in [0.25, 0.3) is 10.0 Å². The summed E-state index contributed by atoms with van der Waals surface area (Å²) in [7, 11) is -1.41. The Kier molecular flexibility index (Phi) is 8.11. The largest absolute Gasteiger partial charge is 0.497 e. The number of carboxylic acids is 1. The molecule has 0 fully saturated rings. The summed E-state index contributed by atoms with van der Waals surface area (Å²) in [6.45, 7) is 0.155. The zero-order valence-electron chi connectivity index (χ0n) is 24.9. The van der Waals surface area contributed by atoms with Crippen molar-refractivity contribution >= 4 is 43.8 Å². The quantitative estimate of drug-likeness (QED) is 0.186. The molecule has 0 amide bonds. The molecule has 2 N–H and O–H groups in total. The van der Waals surface area contributed by atoms with Gasteiger partial charge in [-0.2, -0.15) is 0 Å². The summed E-state index contributed by atoms with van der Waals surface area (Å²) in [6, 6.07) is 28.5. The maximum Gasteiger partial charge on any atom is 0.338 e. The van der Waals surface area contributed by atoms with Crippen molar-refractivity contribution < 1.29 is 37.7 Å². The number of aromatic carboxylic acids is 1. The van der Waals surface area contributed by atoms with E-state index >= 15 is 0 Å². The molecule has 2 aromatic heterocycles. The van der Waals surface area contributed by atoms with E-state index in [1.807, 2.05) is 12.1 Å². The molecule has 0 bridgehead atoms. The summed E-state index contributed by atoms with van der Waals surface area (Å²) < 4.78 is 40.8. The van der Waals surface area contributed by atoms with Gasteiger partial charge in [-0.25, -0.2) is 17.2 Å². The first kappa shape index (κ1) is 30.6. The first-order chi connectivity index (χ1) is 22.2. The van der Waals surface area contributed by atoms with Gasteiger partial charge in [0.15, 0.2) is 0 Å². The lowest BCUT2D eigenvalue weighted by atomic mass is 9.89. The van der Waals surface area contributed by atoms with Crippen molar-refractivity contribution in [1.82, 2.24) is 8.54 Å². The number of methoxy groups -OCH3 is 2. The molecule has 0 saturated heterocycles. The number of carbonyl (C=O) groups excluding carboxylic acids is 1. The number of para-hydroxylation sites is 2. The normalized spacial score (nSPS) is 13.0. The summed E-state index contributed by atoms with van der Waals surface area (Å²) in [5.41, 5.74) is 1.55. The fourth-order valence-electron chi connectivity index (χ4n) is 5.98. The molecule has 0 saturated carbocycles. The molecule has 0 spiro atoms. The van der Waals surface area contributed by atoms with E-state index < -0.39 is 34.0 Å². The lowest BCUT2D eigenvalue weighted by molar-refractivity contribution is -0.145. The van der Waals surface area contributed by atoms with Gasteiger partial charge in [-0.3, -0.25) is 4.79 Å². The van der Waals surface area contributed by atoms with Gasteiger partial charge < -0.3 is 24.3 Å². The number of hydrogen-bond donors (Lipinski definition) is 2. The number of benzene rings is 4. The van der Waals surface area contributed by atoms with E-state index in [4.69, 9.17) is 9.47 Å². The Morgan fingerprint density at radius 1 is 0.804 bits per heavy atom. The van der Waals surface area contributed by atoms with E-state index in [1.165, 1.54) is 18.3 Å². The maximum absolute atomic E-state index is 13.8. The number of nitrogens with zero attached hydrogens (tertiary/aromatic N) is 2. The van der Waals surface area contributed by atoms with Crippen LogP contribution in [0.5, 0.6) is 5.75 Å². The van der Waals surface area contributed by atoms with Crippen molar-refractivity contribution in [2.45, 2.75) is 23.5 Å². The van der Waals surface area contributed by atoms with Crippen molar-refractivity contribution in [1.29, 1.82) is 0 Å². The number of rotatable bonds is 10. The number of aliphatic hydroxyl groups is 1. The molecule has 0 aliphatic heterocycles. The monoisotopic (exact) mass is 638 g/mol. The molecule has 4 aromatic carbocycles. The molecule has 6 rings (SSSR count). The summed E-state index contributed by atoms with van der Waals surface area (Å²) in [4.78, 5) is 26.5. The molecule has 6 aromatic rings. The van der Waals surface area contributed by atoms with Crippen LogP contribution in [0.4, 0.5) is 0 Å². The van der Waals surface area contributed by atoms with Crippen LogP contribution in [0.3, 0.4) is 0 Å². The second-order valence-electron chi connectivity index (χ2n) is 10.7. The van der Waals surface area contributed by atoms with E-state index in [0.717, 1.165) is 16.6 Å². The van der Waals surface area contributed by atoms with Gasteiger partial charge >= 0.3 is 11.9 Å². The summed E-state index contributed by atoms with van der Waals surface area (Å²) in [6.07, 6.45) is -0.461. The average Bonchev–Trinajstić information content (AvgIpc) is 3.62. The maximum atomic E-state index is 13.8. The van der Waals surface area contributed by atoms with Crippen LogP contribution in [0, 0.1) is 0 Å². The Balaban J connectivity index is 1.59. The van der Waals surface area contributed by atoms with Crippen LogP contribution in [0.25, 0.3) is 21.8 Å². The molecule has 10 nitrogen and oxygen atoms in total. The van der Waals surface area contributed by atoms with Crippen LogP contribution in [-0.4, -0.2) is 53.3 Å². The van der Waals surface area contributed by atoms with Crippen molar-refractivity contribution in [2.24, 2.45) is 0 Å². The molecule has 0 aliphatic rings. The lowest BCUT2D eigenvalue weighted by Crippen LogP contribution is -2.25. The molecular weight excluding hydrogens is 608 g/mol. The highest BCUT2D eigenvalue weighted by Gasteiger charge is 2.39. The van der Waals surface area contributed by atoms with Crippen LogP contribution in [0.1, 0.15) is 39.2 Å². The lowest BCUT2D eigenvalue weighted by Gasteiger charge is -2.24. The minimum Gasteiger partial charge on any atom is -0.497 e. The summed E-state index contributed by atoms with van der Waals surface area (Å²) >= 11 is 0. The zero-order chi connectivity index (χ0) is 32.6. The van der Waals surface area contributed by atoms with Gasteiger partial charge in [0.2, 0.25) is 0 Å². The van der Waals surface area contributed by atoms with E-state index in [0.29, 0.717) is 22.0 Å². The first-order valence-corrected chi connectivity index (χ1v) is 15.7. The van der Waals surface area contributed by atoms with Crippen molar-refractivity contribution in [2.75, 3.05) is 14.2 Å². The summed E-state index contributed by atoms with van der Waals surface area (Å²) in [5, 5.41) is 23.5. The van der Waals surface area contributed by atoms with Crippen LogP contribution in [0.15, 0.2) is 114 Å². The third kappa shape index (κ3) is 5.19. The van der Waals surface area contributed by atoms with Gasteiger partial charge in [0, 0.05) is 29.0 Å². The third-order valence-corrected chi connectivity index (χ3v) is 9.81. The number of esters is 1. The SMILES string of the molecule is COC(=O)C(c1cn(S(=O)(=O)c2ccccc2)c2ccccc12)C(O)c1c(C(=O)O)c2ccccc2n1Cc1ccc(OC)cc1. The van der Waals surface area contributed by atoms with Gasteiger partial charge in [0.1, 0.15) is 17.8 Å². The number of carbonyl (C=O) groups is 2.